The van der Waals surface area contributed by atoms with Crippen molar-refractivity contribution in [3.8, 4) is 0 Å². The molecule has 0 aromatic heterocycles. The summed E-state index contributed by atoms with van der Waals surface area (Å²) in [5.74, 6) is -0.880. The SMILES string of the molecule is CN(C)C(c1cccc(N)c1)c1cc(F)ccc1F. The van der Waals surface area contributed by atoms with Gasteiger partial charge in [0.05, 0.1) is 6.04 Å². The van der Waals surface area contributed by atoms with Crippen LogP contribution in [0.2, 0.25) is 0 Å². The molecule has 2 N–H and O–H groups in total. The molecule has 4 heteroatoms. The monoisotopic (exact) mass is 262 g/mol. The first kappa shape index (κ1) is 13.5. The Hall–Kier alpha value is -1.94. The van der Waals surface area contributed by atoms with Gasteiger partial charge in [0.2, 0.25) is 0 Å². The molecular formula is C15H16F2N2. The van der Waals surface area contributed by atoms with E-state index in [-0.39, 0.29) is 6.04 Å². The van der Waals surface area contributed by atoms with E-state index in [2.05, 4.69) is 0 Å². The van der Waals surface area contributed by atoms with E-state index < -0.39 is 11.6 Å². The number of nitrogen functional groups attached to an aromatic ring is 1. The van der Waals surface area contributed by atoms with Crippen LogP contribution >= 0.6 is 0 Å². The molecule has 0 heterocycles. The Morgan fingerprint density at radius 2 is 1.79 bits per heavy atom. The van der Waals surface area contributed by atoms with Crippen LogP contribution in [0.15, 0.2) is 42.5 Å². The molecule has 0 saturated heterocycles. The van der Waals surface area contributed by atoms with E-state index in [1.165, 1.54) is 6.07 Å². The van der Waals surface area contributed by atoms with Crippen molar-refractivity contribution in [3.05, 3.63) is 65.2 Å². The van der Waals surface area contributed by atoms with E-state index in [9.17, 15) is 8.78 Å². The summed E-state index contributed by atoms with van der Waals surface area (Å²) >= 11 is 0. The van der Waals surface area contributed by atoms with Gasteiger partial charge in [0.1, 0.15) is 11.6 Å². The van der Waals surface area contributed by atoms with E-state index in [4.69, 9.17) is 5.73 Å². The zero-order valence-corrected chi connectivity index (χ0v) is 10.9. The summed E-state index contributed by atoms with van der Waals surface area (Å²) in [5, 5.41) is 0. The first-order valence-corrected chi connectivity index (χ1v) is 5.96. The van der Waals surface area contributed by atoms with Crippen LogP contribution in [-0.4, -0.2) is 19.0 Å². The molecule has 0 aliphatic heterocycles. The molecule has 2 rings (SSSR count). The Morgan fingerprint density at radius 3 is 2.42 bits per heavy atom. The number of nitrogens with two attached hydrogens (primary N) is 1. The average Bonchev–Trinajstić information content (AvgIpc) is 2.33. The topological polar surface area (TPSA) is 29.3 Å². The summed E-state index contributed by atoms with van der Waals surface area (Å²) in [6.07, 6.45) is 0. The van der Waals surface area contributed by atoms with Crippen LogP contribution in [0.3, 0.4) is 0 Å². The van der Waals surface area contributed by atoms with E-state index in [0.717, 1.165) is 17.7 Å². The highest BCUT2D eigenvalue weighted by atomic mass is 19.1. The van der Waals surface area contributed by atoms with Gasteiger partial charge in [-0.3, -0.25) is 4.90 Å². The summed E-state index contributed by atoms with van der Waals surface area (Å²) in [5.41, 5.74) is 7.48. The van der Waals surface area contributed by atoms with Crippen LogP contribution in [0.1, 0.15) is 17.2 Å². The predicted octanol–water partition coefficient (Wildman–Crippen LogP) is 3.20. The van der Waals surface area contributed by atoms with E-state index in [1.54, 1.807) is 18.2 Å². The van der Waals surface area contributed by atoms with Crippen LogP contribution < -0.4 is 5.73 Å². The fraction of sp³-hybridized carbons (Fsp3) is 0.200. The van der Waals surface area contributed by atoms with Gasteiger partial charge in [0.15, 0.2) is 0 Å². The quantitative estimate of drug-likeness (QED) is 0.861. The zero-order valence-electron chi connectivity index (χ0n) is 10.9. The molecule has 19 heavy (non-hydrogen) atoms. The summed E-state index contributed by atoms with van der Waals surface area (Å²) in [6.45, 7) is 0. The normalized spacial score (nSPS) is 12.7. The second kappa shape index (κ2) is 5.36. The fourth-order valence-electron chi connectivity index (χ4n) is 2.21. The van der Waals surface area contributed by atoms with Crippen molar-refractivity contribution in [2.75, 3.05) is 19.8 Å². The van der Waals surface area contributed by atoms with Gasteiger partial charge >= 0.3 is 0 Å². The Balaban J connectivity index is 2.55. The Labute approximate surface area is 111 Å². The molecule has 2 nitrogen and oxygen atoms in total. The van der Waals surface area contributed by atoms with Gasteiger partial charge in [-0.25, -0.2) is 8.78 Å². The maximum absolute atomic E-state index is 13.9. The number of hydrogen-bond acceptors (Lipinski definition) is 2. The highest BCUT2D eigenvalue weighted by molar-refractivity contribution is 5.44. The predicted molar refractivity (Wildman–Crippen MR) is 72.7 cm³/mol. The van der Waals surface area contributed by atoms with Crippen molar-refractivity contribution in [2.24, 2.45) is 0 Å². The molecule has 0 amide bonds. The third-order valence-electron chi connectivity index (χ3n) is 3.00. The van der Waals surface area contributed by atoms with Crippen LogP contribution in [0, 0.1) is 11.6 Å². The van der Waals surface area contributed by atoms with Crippen molar-refractivity contribution in [3.63, 3.8) is 0 Å². The van der Waals surface area contributed by atoms with Crippen molar-refractivity contribution in [2.45, 2.75) is 6.04 Å². The van der Waals surface area contributed by atoms with Gasteiger partial charge in [0, 0.05) is 11.3 Å². The third-order valence-corrected chi connectivity index (χ3v) is 3.00. The molecule has 2 aromatic rings. The summed E-state index contributed by atoms with van der Waals surface area (Å²) in [6, 6.07) is 10.3. The van der Waals surface area contributed by atoms with Crippen LogP contribution in [-0.2, 0) is 0 Å². The number of nitrogens with zero attached hydrogens (tertiary/aromatic N) is 1. The van der Waals surface area contributed by atoms with Crippen molar-refractivity contribution >= 4 is 5.69 Å². The van der Waals surface area contributed by atoms with E-state index in [0.29, 0.717) is 11.3 Å². The molecule has 2 aromatic carbocycles. The number of benzene rings is 2. The molecule has 0 bridgehead atoms. The molecule has 100 valence electrons. The third kappa shape index (κ3) is 2.90. The summed E-state index contributed by atoms with van der Waals surface area (Å²) in [7, 11) is 3.64. The minimum absolute atomic E-state index is 0.301. The average molecular weight is 262 g/mol. The second-order valence-electron chi connectivity index (χ2n) is 4.70. The largest absolute Gasteiger partial charge is 0.399 e. The minimum atomic E-state index is -0.452. The van der Waals surface area contributed by atoms with Gasteiger partial charge in [-0.2, -0.15) is 0 Å². The van der Waals surface area contributed by atoms with Crippen molar-refractivity contribution < 1.29 is 8.78 Å². The lowest BCUT2D eigenvalue weighted by atomic mass is 9.97. The fourth-order valence-corrected chi connectivity index (χ4v) is 2.21. The van der Waals surface area contributed by atoms with E-state index in [1.807, 2.05) is 25.1 Å². The molecule has 0 aliphatic carbocycles. The van der Waals surface area contributed by atoms with Crippen LogP contribution in [0.5, 0.6) is 0 Å². The van der Waals surface area contributed by atoms with Gasteiger partial charge in [-0.15, -0.1) is 0 Å². The first-order valence-electron chi connectivity index (χ1n) is 5.96. The van der Waals surface area contributed by atoms with E-state index >= 15 is 0 Å². The highest BCUT2D eigenvalue weighted by Crippen LogP contribution is 2.30. The summed E-state index contributed by atoms with van der Waals surface area (Å²) < 4.78 is 27.3. The number of anilines is 1. The lowest BCUT2D eigenvalue weighted by Crippen LogP contribution is -2.22. The maximum atomic E-state index is 13.9. The number of halogens is 2. The standard InChI is InChI=1S/C15H16F2N2/c1-19(2)15(10-4-3-5-12(18)8-10)13-9-11(16)6-7-14(13)17/h3-9,15H,18H2,1-2H3. The Morgan fingerprint density at radius 1 is 1.05 bits per heavy atom. The maximum Gasteiger partial charge on any atom is 0.128 e. The number of hydrogen-bond donors (Lipinski definition) is 1. The Bertz CT molecular complexity index is 582. The molecule has 0 saturated carbocycles. The van der Waals surface area contributed by atoms with Gasteiger partial charge < -0.3 is 5.73 Å². The molecule has 0 aliphatic rings. The molecule has 0 radical (unpaired) electrons. The lowest BCUT2D eigenvalue weighted by molar-refractivity contribution is 0.332. The van der Waals surface area contributed by atoms with Crippen LogP contribution in [0.25, 0.3) is 0 Å². The first-order chi connectivity index (χ1) is 8.99. The van der Waals surface area contributed by atoms with Crippen molar-refractivity contribution in [1.82, 2.24) is 4.90 Å². The minimum Gasteiger partial charge on any atom is -0.399 e. The van der Waals surface area contributed by atoms with Crippen LogP contribution in [0.4, 0.5) is 14.5 Å². The Kier molecular flexibility index (Phi) is 3.81. The molecule has 0 spiro atoms. The lowest BCUT2D eigenvalue weighted by Gasteiger charge is -2.26. The zero-order chi connectivity index (χ0) is 14.0. The molecule has 0 fully saturated rings. The smallest absolute Gasteiger partial charge is 0.128 e. The van der Waals surface area contributed by atoms with Gasteiger partial charge in [-0.05, 0) is 50.0 Å². The highest BCUT2D eigenvalue weighted by Gasteiger charge is 2.20. The van der Waals surface area contributed by atoms with Gasteiger partial charge in [0.25, 0.3) is 0 Å². The second-order valence-corrected chi connectivity index (χ2v) is 4.70. The molecule has 1 unspecified atom stereocenters. The molecular weight excluding hydrogens is 246 g/mol. The van der Waals surface area contributed by atoms with Crippen molar-refractivity contribution in [1.29, 1.82) is 0 Å². The van der Waals surface area contributed by atoms with Gasteiger partial charge in [-0.1, -0.05) is 12.1 Å². The molecule has 1 atom stereocenters. The summed E-state index contributed by atoms with van der Waals surface area (Å²) in [4.78, 5) is 1.83. The number of rotatable bonds is 3.